The Balaban J connectivity index is 1.76. The highest BCUT2D eigenvalue weighted by Gasteiger charge is 2.15. The van der Waals surface area contributed by atoms with Gasteiger partial charge in [0.2, 0.25) is 0 Å². The van der Waals surface area contributed by atoms with Crippen molar-refractivity contribution in [3.05, 3.63) is 63.2 Å². The fraction of sp³-hybridized carbons (Fsp3) is 0.250. The summed E-state index contributed by atoms with van der Waals surface area (Å²) in [5.41, 5.74) is 9.26. The van der Waals surface area contributed by atoms with Gasteiger partial charge in [-0.15, -0.1) is 0 Å². The van der Waals surface area contributed by atoms with E-state index in [0.29, 0.717) is 5.56 Å². The molecular weight excluding hydrogens is 268 g/mol. The number of hydrogen-bond donors (Lipinski definition) is 1. The normalized spacial score (nSPS) is 13.0. The Bertz CT molecular complexity index is 698. The smallest absolute Gasteiger partial charge is 0.292 e. The number of nitrogen functional groups attached to an aromatic ring is 1. The SMILES string of the molecule is Nc1c(COc2ccc3c(c2)CCC3)cccc1[N+](=O)[O-]. The van der Waals surface area contributed by atoms with Gasteiger partial charge >= 0.3 is 0 Å². The van der Waals surface area contributed by atoms with Crippen LogP contribution in [0.4, 0.5) is 11.4 Å². The lowest BCUT2D eigenvalue weighted by molar-refractivity contribution is -0.384. The molecule has 0 unspecified atom stereocenters. The van der Waals surface area contributed by atoms with E-state index in [2.05, 4.69) is 12.1 Å². The Morgan fingerprint density at radius 1 is 1.19 bits per heavy atom. The van der Waals surface area contributed by atoms with E-state index in [1.807, 2.05) is 6.07 Å². The number of nitro groups is 1. The van der Waals surface area contributed by atoms with Gasteiger partial charge in [-0.3, -0.25) is 10.1 Å². The molecule has 21 heavy (non-hydrogen) atoms. The second-order valence-corrected chi connectivity index (χ2v) is 5.18. The third kappa shape index (κ3) is 2.67. The molecule has 0 atom stereocenters. The first-order valence-corrected chi connectivity index (χ1v) is 6.91. The second-order valence-electron chi connectivity index (χ2n) is 5.18. The summed E-state index contributed by atoms with van der Waals surface area (Å²) in [5.74, 6) is 0.779. The van der Waals surface area contributed by atoms with Gasteiger partial charge in [-0.2, -0.15) is 0 Å². The number of aryl methyl sites for hydroxylation is 2. The first-order chi connectivity index (χ1) is 10.1. The molecule has 0 radical (unpaired) electrons. The van der Waals surface area contributed by atoms with Crippen LogP contribution in [-0.4, -0.2) is 4.92 Å². The fourth-order valence-electron chi connectivity index (χ4n) is 2.68. The van der Waals surface area contributed by atoms with Crippen LogP contribution >= 0.6 is 0 Å². The second kappa shape index (κ2) is 5.44. The third-order valence-electron chi connectivity index (χ3n) is 3.83. The summed E-state index contributed by atoms with van der Waals surface area (Å²) in [6.07, 6.45) is 3.41. The van der Waals surface area contributed by atoms with Crippen LogP contribution in [0, 0.1) is 10.1 Å². The van der Waals surface area contributed by atoms with Gasteiger partial charge in [-0.25, -0.2) is 0 Å². The van der Waals surface area contributed by atoms with Crippen molar-refractivity contribution in [1.29, 1.82) is 0 Å². The molecule has 0 saturated carbocycles. The quantitative estimate of drug-likeness (QED) is 0.531. The van der Waals surface area contributed by atoms with Gasteiger partial charge in [0.15, 0.2) is 0 Å². The van der Waals surface area contributed by atoms with Gasteiger partial charge in [0.25, 0.3) is 5.69 Å². The Hall–Kier alpha value is -2.56. The number of nitro benzene ring substituents is 1. The molecule has 5 nitrogen and oxygen atoms in total. The van der Waals surface area contributed by atoms with Gasteiger partial charge in [0.05, 0.1) is 4.92 Å². The lowest BCUT2D eigenvalue weighted by Crippen LogP contribution is -2.03. The maximum atomic E-state index is 10.9. The number of benzene rings is 2. The van der Waals surface area contributed by atoms with Crippen LogP contribution in [0.2, 0.25) is 0 Å². The molecule has 0 bridgehead atoms. The van der Waals surface area contributed by atoms with Crippen molar-refractivity contribution in [2.75, 3.05) is 5.73 Å². The molecule has 5 heteroatoms. The number of ether oxygens (including phenoxy) is 1. The molecule has 0 aromatic heterocycles. The predicted octanol–water partition coefficient (Wildman–Crippen LogP) is 3.24. The Morgan fingerprint density at radius 2 is 2.00 bits per heavy atom. The van der Waals surface area contributed by atoms with E-state index < -0.39 is 4.92 Å². The molecule has 0 saturated heterocycles. The zero-order valence-corrected chi connectivity index (χ0v) is 11.5. The van der Waals surface area contributed by atoms with E-state index >= 15 is 0 Å². The highest BCUT2D eigenvalue weighted by Crippen LogP contribution is 2.28. The molecule has 2 N–H and O–H groups in total. The molecule has 0 fully saturated rings. The van der Waals surface area contributed by atoms with Crippen LogP contribution in [0.5, 0.6) is 5.75 Å². The van der Waals surface area contributed by atoms with E-state index in [9.17, 15) is 10.1 Å². The molecular formula is C16H16N2O3. The monoisotopic (exact) mass is 284 g/mol. The van der Waals surface area contributed by atoms with Gasteiger partial charge in [-0.1, -0.05) is 18.2 Å². The summed E-state index contributed by atoms with van der Waals surface area (Å²) in [5, 5.41) is 10.9. The summed E-state index contributed by atoms with van der Waals surface area (Å²) in [4.78, 5) is 10.4. The zero-order valence-electron chi connectivity index (χ0n) is 11.5. The lowest BCUT2D eigenvalue weighted by atomic mass is 10.1. The minimum Gasteiger partial charge on any atom is -0.489 e. The van der Waals surface area contributed by atoms with Crippen LogP contribution in [0.3, 0.4) is 0 Å². The van der Waals surface area contributed by atoms with Crippen LogP contribution in [0.1, 0.15) is 23.1 Å². The number of hydrogen-bond acceptors (Lipinski definition) is 4. The van der Waals surface area contributed by atoms with E-state index in [1.165, 1.54) is 23.6 Å². The van der Waals surface area contributed by atoms with Crippen LogP contribution in [-0.2, 0) is 19.4 Å². The van der Waals surface area contributed by atoms with Crippen LogP contribution in [0.25, 0.3) is 0 Å². The molecule has 2 aromatic carbocycles. The molecule has 1 aliphatic carbocycles. The fourth-order valence-corrected chi connectivity index (χ4v) is 2.68. The topological polar surface area (TPSA) is 78.4 Å². The van der Waals surface area contributed by atoms with Gasteiger partial charge in [0.1, 0.15) is 18.0 Å². The molecule has 3 rings (SSSR count). The van der Waals surface area contributed by atoms with Gasteiger partial charge in [-0.05, 0) is 42.5 Å². The first-order valence-electron chi connectivity index (χ1n) is 6.91. The van der Waals surface area contributed by atoms with E-state index in [1.54, 1.807) is 12.1 Å². The molecule has 2 aromatic rings. The van der Waals surface area contributed by atoms with E-state index in [0.717, 1.165) is 18.6 Å². The average molecular weight is 284 g/mol. The summed E-state index contributed by atoms with van der Waals surface area (Å²) >= 11 is 0. The molecule has 108 valence electrons. The Kier molecular flexibility index (Phi) is 3.48. The van der Waals surface area contributed by atoms with Crippen molar-refractivity contribution in [2.45, 2.75) is 25.9 Å². The molecule has 1 aliphatic rings. The average Bonchev–Trinajstić information content (AvgIpc) is 2.93. The first kappa shape index (κ1) is 13.4. The van der Waals surface area contributed by atoms with Crippen LogP contribution in [0.15, 0.2) is 36.4 Å². The van der Waals surface area contributed by atoms with Gasteiger partial charge < -0.3 is 10.5 Å². The van der Waals surface area contributed by atoms with Crippen LogP contribution < -0.4 is 10.5 Å². The largest absolute Gasteiger partial charge is 0.489 e. The maximum absolute atomic E-state index is 10.9. The highest BCUT2D eigenvalue weighted by atomic mass is 16.6. The molecule has 0 amide bonds. The number of nitrogens with zero attached hydrogens (tertiary/aromatic N) is 1. The Labute approximate surface area is 122 Å². The lowest BCUT2D eigenvalue weighted by Gasteiger charge is -2.10. The molecule has 0 spiro atoms. The van der Waals surface area contributed by atoms with Crippen molar-refractivity contribution in [2.24, 2.45) is 0 Å². The van der Waals surface area contributed by atoms with Gasteiger partial charge in [0, 0.05) is 11.6 Å². The minimum absolute atomic E-state index is 0.0787. The van der Waals surface area contributed by atoms with Crippen molar-refractivity contribution in [3.63, 3.8) is 0 Å². The minimum atomic E-state index is -0.478. The summed E-state index contributed by atoms with van der Waals surface area (Å²) in [6.45, 7) is 0.228. The molecule has 0 heterocycles. The maximum Gasteiger partial charge on any atom is 0.292 e. The summed E-state index contributed by atoms with van der Waals surface area (Å²) < 4.78 is 5.73. The number of fused-ring (bicyclic) bond motifs is 1. The Morgan fingerprint density at radius 3 is 2.81 bits per heavy atom. The number of nitrogens with two attached hydrogens (primary N) is 1. The van der Waals surface area contributed by atoms with Crippen molar-refractivity contribution >= 4 is 11.4 Å². The van der Waals surface area contributed by atoms with E-state index in [4.69, 9.17) is 10.5 Å². The third-order valence-corrected chi connectivity index (χ3v) is 3.83. The summed E-state index contributed by atoms with van der Waals surface area (Å²) in [7, 11) is 0. The number of rotatable bonds is 4. The zero-order chi connectivity index (χ0) is 14.8. The van der Waals surface area contributed by atoms with E-state index in [-0.39, 0.29) is 18.0 Å². The predicted molar refractivity (Wildman–Crippen MR) is 80.3 cm³/mol. The van der Waals surface area contributed by atoms with Crippen molar-refractivity contribution < 1.29 is 9.66 Å². The number of anilines is 1. The standard InChI is InChI=1S/C16H16N2O3/c17-16-13(5-2-6-15(16)18(19)20)10-21-14-8-7-11-3-1-4-12(11)9-14/h2,5-9H,1,3-4,10,17H2. The van der Waals surface area contributed by atoms with Crippen molar-refractivity contribution in [1.82, 2.24) is 0 Å². The molecule has 0 aliphatic heterocycles. The van der Waals surface area contributed by atoms with Crippen molar-refractivity contribution in [3.8, 4) is 5.75 Å². The highest BCUT2D eigenvalue weighted by molar-refractivity contribution is 5.62. The number of para-hydroxylation sites is 1. The summed E-state index contributed by atoms with van der Waals surface area (Å²) in [6, 6.07) is 10.8.